The largest absolute Gasteiger partial charge is 0.439 e. The molecule has 1 aromatic carbocycles. The van der Waals surface area contributed by atoms with Crippen LogP contribution in [0.2, 0.25) is 0 Å². The maximum Gasteiger partial charge on any atom is 0.219 e. The van der Waals surface area contributed by atoms with E-state index < -0.39 is 0 Å². The quantitative estimate of drug-likeness (QED) is 0.897. The van der Waals surface area contributed by atoms with Gasteiger partial charge in [0.25, 0.3) is 0 Å². The summed E-state index contributed by atoms with van der Waals surface area (Å²) in [7, 11) is 0. The standard InChI is InChI=1S/C17H20N2O/c1-12-3-7-16(9-13(12)2)20-17-8-4-14(11-19-17)10-18-15-5-6-15/h3-4,7-9,11,15,18H,5-6,10H2,1-2H3. The average Bonchev–Trinajstić information content (AvgIpc) is 3.26. The lowest BCUT2D eigenvalue weighted by atomic mass is 10.1. The maximum absolute atomic E-state index is 5.78. The van der Waals surface area contributed by atoms with E-state index in [1.807, 2.05) is 24.4 Å². The van der Waals surface area contributed by atoms with Crippen LogP contribution in [0.15, 0.2) is 36.5 Å². The normalized spacial score (nSPS) is 14.3. The van der Waals surface area contributed by atoms with Gasteiger partial charge in [0.05, 0.1) is 0 Å². The second-order valence-corrected chi connectivity index (χ2v) is 5.51. The number of nitrogens with zero attached hydrogens (tertiary/aromatic N) is 1. The molecule has 1 aliphatic rings. The molecule has 1 aliphatic carbocycles. The van der Waals surface area contributed by atoms with Gasteiger partial charge >= 0.3 is 0 Å². The van der Waals surface area contributed by atoms with Crippen LogP contribution in [0, 0.1) is 13.8 Å². The summed E-state index contributed by atoms with van der Waals surface area (Å²) >= 11 is 0. The lowest BCUT2D eigenvalue weighted by Gasteiger charge is -2.08. The number of hydrogen-bond acceptors (Lipinski definition) is 3. The Labute approximate surface area is 120 Å². The fourth-order valence-corrected chi connectivity index (χ4v) is 2.02. The van der Waals surface area contributed by atoms with Crippen LogP contribution >= 0.6 is 0 Å². The van der Waals surface area contributed by atoms with E-state index in [1.54, 1.807) is 0 Å². The van der Waals surface area contributed by atoms with Crippen molar-refractivity contribution >= 4 is 0 Å². The van der Waals surface area contributed by atoms with Crippen LogP contribution in [-0.2, 0) is 6.54 Å². The predicted octanol–water partition coefficient (Wildman–Crippen LogP) is 3.74. The molecule has 0 atom stereocenters. The zero-order chi connectivity index (χ0) is 13.9. The van der Waals surface area contributed by atoms with Crippen molar-refractivity contribution in [2.24, 2.45) is 0 Å². The molecule has 1 heterocycles. The first-order valence-electron chi connectivity index (χ1n) is 7.14. The van der Waals surface area contributed by atoms with E-state index in [0.29, 0.717) is 5.88 Å². The molecule has 1 N–H and O–H groups in total. The number of benzene rings is 1. The summed E-state index contributed by atoms with van der Waals surface area (Å²) in [6.45, 7) is 5.07. The zero-order valence-corrected chi connectivity index (χ0v) is 12.0. The molecule has 0 radical (unpaired) electrons. The third-order valence-electron chi connectivity index (χ3n) is 3.67. The van der Waals surface area contributed by atoms with Gasteiger partial charge in [-0.1, -0.05) is 12.1 Å². The minimum absolute atomic E-state index is 0.642. The van der Waals surface area contributed by atoms with Crippen molar-refractivity contribution in [2.45, 2.75) is 39.3 Å². The van der Waals surface area contributed by atoms with E-state index in [1.165, 1.54) is 29.5 Å². The number of aromatic nitrogens is 1. The Morgan fingerprint density at radius 1 is 1.15 bits per heavy atom. The van der Waals surface area contributed by atoms with Crippen LogP contribution < -0.4 is 10.1 Å². The molecule has 104 valence electrons. The van der Waals surface area contributed by atoms with Crippen LogP contribution in [0.25, 0.3) is 0 Å². The minimum Gasteiger partial charge on any atom is -0.439 e. The molecule has 0 bridgehead atoms. The third-order valence-corrected chi connectivity index (χ3v) is 3.67. The van der Waals surface area contributed by atoms with Crippen LogP contribution in [0.5, 0.6) is 11.6 Å². The molecule has 3 rings (SSSR count). The van der Waals surface area contributed by atoms with Gasteiger partial charge in [0.1, 0.15) is 5.75 Å². The molecule has 1 saturated carbocycles. The minimum atomic E-state index is 0.642. The number of aryl methyl sites for hydroxylation is 2. The molecule has 3 heteroatoms. The van der Waals surface area contributed by atoms with E-state index in [0.717, 1.165) is 18.3 Å². The predicted molar refractivity (Wildman–Crippen MR) is 80.1 cm³/mol. The van der Waals surface area contributed by atoms with Gasteiger partial charge in [0.2, 0.25) is 5.88 Å². The van der Waals surface area contributed by atoms with Gasteiger partial charge in [-0.3, -0.25) is 0 Å². The van der Waals surface area contributed by atoms with Crippen molar-refractivity contribution < 1.29 is 4.74 Å². The molecule has 1 fully saturated rings. The number of ether oxygens (including phenoxy) is 1. The number of pyridine rings is 1. The van der Waals surface area contributed by atoms with Gasteiger partial charge in [-0.15, -0.1) is 0 Å². The maximum atomic E-state index is 5.78. The van der Waals surface area contributed by atoms with Gasteiger partial charge in [-0.2, -0.15) is 0 Å². The Hall–Kier alpha value is -1.87. The SMILES string of the molecule is Cc1ccc(Oc2ccc(CNC3CC3)cn2)cc1C. The van der Waals surface area contributed by atoms with Crippen LogP contribution in [0.3, 0.4) is 0 Å². The smallest absolute Gasteiger partial charge is 0.219 e. The molecule has 0 amide bonds. The van der Waals surface area contributed by atoms with E-state index >= 15 is 0 Å². The van der Waals surface area contributed by atoms with Gasteiger partial charge in [-0.05, 0) is 55.5 Å². The molecule has 1 aromatic heterocycles. The van der Waals surface area contributed by atoms with E-state index in [-0.39, 0.29) is 0 Å². The van der Waals surface area contributed by atoms with Crippen LogP contribution in [0.4, 0.5) is 0 Å². The summed E-state index contributed by atoms with van der Waals surface area (Å²) in [5.74, 6) is 1.48. The van der Waals surface area contributed by atoms with E-state index in [4.69, 9.17) is 4.74 Å². The number of hydrogen-bond donors (Lipinski definition) is 1. The highest BCUT2D eigenvalue weighted by molar-refractivity contribution is 5.36. The van der Waals surface area contributed by atoms with Gasteiger partial charge < -0.3 is 10.1 Å². The summed E-state index contributed by atoms with van der Waals surface area (Å²) in [5, 5.41) is 3.47. The van der Waals surface area contributed by atoms with Gasteiger partial charge in [0.15, 0.2) is 0 Å². The third kappa shape index (κ3) is 3.36. The fraction of sp³-hybridized carbons (Fsp3) is 0.353. The highest BCUT2D eigenvalue weighted by Gasteiger charge is 2.19. The Balaban J connectivity index is 1.62. The lowest BCUT2D eigenvalue weighted by Crippen LogP contribution is -2.15. The summed E-state index contributed by atoms with van der Waals surface area (Å²) in [4.78, 5) is 4.36. The molecule has 0 spiro atoms. The summed E-state index contributed by atoms with van der Waals surface area (Å²) in [6.07, 6.45) is 4.49. The Morgan fingerprint density at radius 2 is 2.00 bits per heavy atom. The monoisotopic (exact) mass is 268 g/mol. The van der Waals surface area contributed by atoms with Crippen LogP contribution in [-0.4, -0.2) is 11.0 Å². The molecule has 0 unspecified atom stereocenters. The topological polar surface area (TPSA) is 34.1 Å². The Kier molecular flexibility index (Phi) is 3.70. The van der Waals surface area contributed by atoms with E-state index in [9.17, 15) is 0 Å². The van der Waals surface area contributed by atoms with Crippen molar-refractivity contribution in [1.82, 2.24) is 10.3 Å². The van der Waals surface area contributed by atoms with Gasteiger partial charge in [-0.25, -0.2) is 4.98 Å². The lowest BCUT2D eigenvalue weighted by molar-refractivity contribution is 0.462. The summed E-state index contributed by atoms with van der Waals surface area (Å²) < 4.78 is 5.78. The van der Waals surface area contributed by atoms with Crippen molar-refractivity contribution in [3.8, 4) is 11.6 Å². The second-order valence-electron chi connectivity index (χ2n) is 5.51. The van der Waals surface area contributed by atoms with Crippen LogP contribution in [0.1, 0.15) is 29.5 Å². The molecule has 0 saturated heterocycles. The number of rotatable bonds is 5. The second kappa shape index (κ2) is 5.63. The Bertz CT molecular complexity index is 588. The molecular formula is C17H20N2O. The molecule has 2 aromatic rings. The van der Waals surface area contributed by atoms with Crippen molar-refractivity contribution in [1.29, 1.82) is 0 Å². The molecule has 20 heavy (non-hydrogen) atoms. The first-order chi connectivity index (χ1) is 9.70. The molecular weight excluding hydrogens is 248 g/mol. The number of nitrogens with one attached hydrogen (secondary N) is 1. The Morgan fingerprint density at radius 3 is 2.65 bits per heavy atom. The summed E-state index contributed by atoms with van der Waals surface area (Å²) in [6, 6.07) is 10.8. The molecule has 3 nitrogen and oxygen atoms in total. The van der Waals surface area contributed by atoms with E-state index in [2.05, 4.69) is 36.3 Å². The zero-order valence-electron chi connectivity index (χ0n) is 12.0. The fourth-order valence-electron chi connectivity index (χ4n) is 2.02. The average molecular weight is 268 g/mol. The van der Waals surface area contributed by atoms with Gasteiger partial charge in [0, 0.05) is 24.8 Å². The highest BCUT2D eigenvalue weighted by atomic mass is 16.5. The van der Waals surface area contributed by atoms with Crippen molar-refractivity contribution in [3.63, 3.8) is 0 Å². The van der Waals surface area contributed by atoms with Crippen molar-refractivity contribution in [2.75, 3.05) is 0 Å². The first-order valence-corrected chi connectivity index (χ1v) is 7.14. The van der Waals surface area contributed by atoms with Crippen molar-refractivity contribution in [3.05, 3.63) is 53.2 Å². The molecule has 0 aliphatic heterocycles. The highest BCUT2D eigenvalue weighted by Crippen LogP contribution is 2.23. The first kappa shape index (κ1) is 13.1. The summed E-state index contributed by atoms with van der Waals surface area (Å²) in [5.41, 5.74) is 3.70.